The van der Waals surface area contributed by atoms with Gasteiger partial charge in [-0.05, 0) is 76.8 Å². The summed E-state index contributed by atoms with van der Waals surface area (Å²) in [6.07, 6.45) is 1.50. The Morgan fingerprint density at radius 3 is 2.59 bits per heavy atom. The van der Waals surface area contributed by atoms with Gasteiger partial charge in [-0.3, -0.25) is 9.59 Å². The Bertz CT molecular complexity index is 1200. The molecule has 0 spiro atoms. The van der Waals surface area contributed by atoms with Crippen molar-refractivity contribution in [1.29, 1.82) is 5.26 Å². The van der Waals surface area contributed by atoms with Crippen molar-refractivity contribution < 1.29 is 19.1 Å². The fourth-order valence-electron chi connectivity index (χ4n) is 4.58. The quantitative estimate of drug-likeness (QED) is 0.440. The number of nitrogens with zero attached hydrogens (tertiary/aromatic N) is 3. The highest BCUT2D eigenvalue weighted by Crippen LogP contribution is 2.26. The van der Waals surface area contributed by atoms with Crippen molar-refractivity contribution in [1.82, 2.24) is 10.2 Å². The number of anilines is 1. The lowest BCUT2D eigenvalue weighted by Crippen LogP contribution is -2.54. The molecule has 1 aliphatic heterocycles. The van der Waals surface area contributed by atoms with Gasteiger partial charge in [-0.15, -0.1) is 0 Å². The SMILES string of the molecule is Cc1cc(CCCNC(=O)OC(C)(C)C)c(C(=O)N2CCN(c3ccccc3C#N)C[C@H]2C)cc1C=O. The van der Waals surface area contributed by atoms with Crippen LogP contribution in [-0.4, -0.2) is 61.0 Å². The van der Waals surface area contributed by atoms with Gasteiger partial charge in [0.1, 0.15) is 18.0 Å². The second-order valence-corrected chi connectivity index (χ2v) is 10.4. The lowest BCUT2D eigenvalue weighted by molar-refractivity contribution is 0.0526. The molecule has 37 heavy (non-hydrogen) atoms. The Labute approximate surface area is 219 Å². The minimum absolute atomic E-state index is 0.0873. The number of ether oxygens (including phenoxy) is 1. The summed E-state index contributed by atoms with van der Waals surface area (Å²) in [5.74, 6) is -0.112. The number of amides is 2. The van der Waals surface area contributed by atoms with Crippen molar-refractivity contribution in [2.75, 3.05) is 31.1 Å². The van der Waals surface area contributed by atoms with Crippen LogP contribution < -0.4 is 10.2 Å². The topological polar surface area (TPSA) is 103 Å². The molecule has 1 heterocycles. The Hall–Kier alpha value is -3.86. The Morgan fingerprint density at radius 1 is 1.22 bits per heavy atom. The molecule has 2 amide bonds. The average molecular weight is 505 g/mol. The number of rotatable bonds is 7. The number of aldehydes is 1. The molecular weight excluding hydrogens is 468 g/mol. The molecule has 8 nitrogen and oxygen atoms in total. The molecule has 0 aromatic heterocycles. The molecule has 1 fully saturated rings. The van der Waals surface area contributed by atoms with Gasteiger partial charge in [-0.25, -0.2) is 4.79 Å². The van der Waals surface area contributed by atoms with Crippen LogP contribution in [0.15, 0.2) is 36.4 Å². The minimum Gasteiger partial charge on any atom is -0.444 e. The summed E-state index contributed by atoms with van der Waals surface area (Å²) in [4.78, 5) is 41.3. The van der Waals surface area contributed by atoms with E-state index in [1.807, 2.05) is 63.8 Å². The molecule has 1 saturated heterocycles. The lowest BCUT2D eigenvalue weighted by atomic mass is 9.95. The van der Waals surface area contributed by atoms with E-state index in [1.54, 1.807) is 12.1 Å². The van der Waals surface area contributed by atoms with E-state index in [9.17, 15) is 19.6 Å². The molecule has 1 aliphatic rings. The maximum absolute atomic E-state index is 13.7. The number of hydrogen-bond acceptors (Lipinski definition) is 6. The Morgan fingerprint density at radius 2 is 1.95 bits per heavy atom. The van der Waals surface area contributed by atoms with Gasteiger partial charge in [0.15, 0.2) is 0 Å². The van der Waals surface area contributed by atoms with Crippen LogP contribution in [0.1, 0.15) is 71.5 Å². The summed E-state index contributed by atoms with van der Waals surface area (Å²) >= 11 is 0. The molecule has 0 bridgehead atoms. The van der Waals surface area contributed by atoms with Crippen molar-refractivity contribution in [2.45, 2.75) is 59.1 Å². The molecule has 0 saturated carbocycles. The predicted octanol–water partition coefficient (Wildman–Crippen LogP) is 4.49. The zero-order chi connectivity index (χ0) is 27.2. The smallest absolute Gasteiger partial charge is 0.407 e. The van der Waals surface area contributed by atoms with E-state index in [2.05, 4.69) is 16.3 Å². The van der Waals surface area contributed by atoms with Crippen LogP contribution in [0.25, 0.3) is 0 Å². The molecule has 0 radical (unpaired) electrons. The molecule has 196 valence electrons. The summed E-state index contributed by atoms with van der Waals surface area (Å²) < 4.78 is 5.28. The Kier molecular flexibility index (Phi) is 8.93. The number of piperazine rings is 1. The summed E-state index contributed by atoms with van der Waals surface area (Å²) in [7, 11) is 0. The average Bonchev–Trinajstić information content (AvgIpc) is 2.85. The first kappa shape index (κ1) is 27.7. The molecular formula is C29H36N4O4. The van der Waals surface area contributed by atoms with Gasteiger partial charge in [-0.2, -0.15) is 5.26 Å². The number of nitriles is 1. The maximum Gasteiger partial charge on any atom is 0.407 e. The molecule has 1 atom stereocenters. The van der Waals surface area contributed by atoms with Crippen molar-refractivity contribution in [2.24, 2.45) is 0 Å². The molecule has 3 rings (SSSR count). The molecule has 0 aliphatic carbocycles. The highest BCUT2D eigenvalue weighted by atomic mass is 16.6. The largest absolute Gasteiger partial charge is 0.444 e. The highest BCUT2D eigenvalue weighted by Gasteiger charge is 2.30. The third-order valence-corrected chi connectivity index (χ3v) is 6.39. The fraction of sp³-hybridized carbons (Fsp3) is 0.448. The fourth-order valence-corrected chi connectivity index (χ4v) is 4.58. The number of alkyl carbamates (subject to hydrolysis) is 1. The Balaban J connectivity index is 1.73. The number of para-hydroxylation sites is 1. The molecule has 0 unspecified atom stereocenters. The first-order valence-electron chi connectivity index (χ1n) is 12.6. The maximum atomic E-state index is 13.7. The predicted molar refractivity (Wildman–Crippen MR) is 143 cm³/mol. The monoisotopic (exact) mass is 504 g/mol. The summed E-state index contributed by atoms with van der Waals surface area (Å²) in [6.45, 7) is 11.4. The number of nitrogens with one attached hydrogen (secondary N) is 1. The second kappa shape index (κ2) is 11.9. The summed E-state index contributed by atoms with van der Waals surface area (Å²) in [5.41, 5.74) is 3.60. The van der Waals surface area contributed by atoms with E-state index >= 15 is 0 Å². The lowest BCUT2D eigenvalue weighted by Gasteiger charge is -2.41. The van der Waals surface area contributed by atoms with Gasteiger partial charge in [0.25, 0.3) is 5.91 Å². The van der Waals surface area contributed by atoms with Crippen molar-refractivity contribution in [3.63, 3.8) is 0 Å². The minimum atomic E-state index is -0.567. The number of hydrogen-bond donors (Lipinski definition) is 1. The van der Waals surface area contributed by atoms with Gasteiger partial charge >= 0.3 is 6.09 Å². The van der Waals surface area contributed by atoms with E-state index in [1.165, 1.54) is 0 Å². The number of benzene rings is 2. The molecule has 2 aromatic rings. The summed E-state index contributed by atoms with van der Waals surface area (Å²) in [6, 6.07) is 13.2. The van der Waals surface area contributed by atoms with Crippen LogP contribution in [0.5, 0.6) is 0 Å². The van der Waals surface area contributed by atoms with Gasteiger partial charge in [-0.1, -0.05) is 18.2 Å². The number of carbonyl (C=O) groups is 3. The zero-order valence-corrected chi connectivity index (χ0v) is 22.3. The van der Waals surface area contributed by atoms with E-state index in [0.29, 0.717) is 55.7 Å². The van der Waals surface area contributed by atoms with Crippen LogP contribution in [-0.2, 0) is 11.2 Å². The second-order valence-electron chi connectivity index (χ2n) is 10.4. The van der Waals surface area contributed by atoms with Crippen LogP contribution in [0.2, 0.25) is 0 Å². The summed E-state index contributed by atoms with van der Waals surface area (Å²) in [5, 5.41) is 12.2. The van der Waals surface area contributed by atoms with E-state index in [-0.39, 0.29) is 11.9 Å². The zero-order valence-electron chi connectivity index (χ0n) is 22.3. The van der Waals surface area contributed by atoms with E-state index in [4.69, 9.17) is 4.74 Å². The van der Waals surface area contributed by atoms with Crippen molar-refractivity contribution in [3.8, 4) is 6.07 Å². The van der Waals surface area contributed by atoms with E-state index < -0.39 is 11.7 Å². The highest BCUT2D eigenvalue weighted by molar-refractivity contribution is 5.98. The molecule has 8 heteroatoms. The first-order chi connectivity index (χ1) is 17.5. The van der Waals surface area contributed by atoms with Gasteiger partial charge in [0.2, 0.25) is 0 Å². The van der Waals surface area contributed by atoms with Crippen LogP contribution in [0.3, 0.4) is 0 Å². The third-order valence-electron chi connectivity index (χ3n) is 6.39. The molecule has 1 N–H and O–H groups in total. The van der Waals surface area contributed by atoms with Crippen LogP contribution in [0.4, 0.5) is 10.5 Å². The van der Waals surface area contributed by atoms with Crippen LogP contribution in [0, 0.1) is 18.3 Å². The standard InChI is InChI=1S/C29H36N4O4/c1-20-15-22(10-8-12-31-28(36)37-29(3,4)5)25(16-24(20)19-34)27(35)33-14-13-32(18-21(33)2)26-11-7-6-9-23(26)17-30/h6-7,9,11,15-16,19,21H,8,10,12-14,18H2,1-5H3,(H,31,36)/t21-/m1/s1. The van der Waals surface area contributed by atoms with Gasteiger partial charge < -0.3 is 19.9 Å². The van der Waals surface area contributed by atoms with Gasteiger partial charge in [0.05, 0.1) is 11.3 Å². The van der Waals surface area contributed by atoms with Crippen LogP contribution >= 0.6 is 0 Å². The third kappa shape index (κ3) is 7.10. The first-order valence-corrected chi connectivity index (χ1v) is 12.6. The van der Waals surface area contributed by atoms with Crippen molar-refractivity contribution in [3.05, 3.63) is 64.2 Å². The van der Waals surface area contributed by atoms with Crippen molar-refractivity contribution >= 4 is 24.0 Å². The molecule has 2 aromatic carbocycles. The van der Waals surface area contributed by atoms with Gasteiger partial charge in [0, 0.05) is 43.3 Å². The number of carbonyl (C=O) groups excluding carboxylic acids is 3. The normalized spacial score (nSPS) is 15.6. The van der Waals surface area contributed by atoms with E-state index in [0.717, 1.165) is 23.1 Å². The number of aryl methyl sites for hydroxylation is 2.